The third kappa shape index (κ3) is 3.66. The molecule has 4 rings (SSSR count). The van der Waals surface area contributed by atoms with E-state index in [2.05, 4.69) is 36.1 Å². The Balaban J connectivity index is 1.37. The number of thiophene rings is 1. The lowest BCUT2D eigenvalue weighted by Crippen LogP contribution is -2.51. The van der Waals surface area contributed by atoms with E-state index in [9.17, 15) is 4.79 Å². The molecule has 2 aromatic heterocycles. The van der Waals surface area contributed by atoms with Gasteiger partial charge in [0, 0.05) is 32.7 Å². The first-order valence-corrected chi connectivity index (χ1v) is 10.0. The first-order chi connectivity index (χ1) is 12.7. The molecule has 3 heterocycles. The Morgan fingerprint density at radius 2 is 1.92 bits per heavy atom. The smallest absolute Gasteiger partial charge is 0.317 e. The van der Waals surface area contributed by atoms with E-state index in [4.69, 9.17) is 0 Å². The second-order valence-corrected chi connectivity index (χ2v) is 8.51. The molecule has 1 aliphatic heterocycles. The maximum atomic E-state index is 12.4. The van der Waals surface area contributed by atoms with Gasteiger partial charge in [0.2, 0.25) is 0 Å². The molecule has 2 amide bonds. The van der Waals surface area contributed by atoms with Gasteiger partial charge < -0.3 is 15.1 Å². The fourth-order valence-electron chi connectivity index (χ4n) is 3.04. The highest BCUT2D eigenvalue weighted by Crippen LogP contribution is 2.34. The van der Waals surface area contributed by atoms with Crippen LogP contribution in [0.1, 0.15) is 5.56 Å². The number of halogens is 1. The zero-order valence-corrected chi connectivity index (χ0v) is 16.5. The molecular formula is C18H18BrN5OS. The van der Waals surface area contributed by atoms with E-state index < -0.39 is 0 Å². The Labute approximate surface area is 164 Å². The van der Waals surface area contributed by atoms with Crippen molar-refractivity contribution in [1.29, 1.82) is 0 Å². The molecular weight excluding hydrogens is 414 g/mol. The number of carbonyl (C=O) groups is 1. The number of anilines is 1. The van der Waals surface area contributed by atoms with E-state index in [0.29, 0.717) is 19.6 Å². The SMILES string of the molecule is O=C(NCc1ccccc1)N1CCN(c2ncnc3cc(Br)sc23)CC1. The van der Waals surface area contributed by atoms with Crippen molar-refractivity contribution in [2.45, 2.75) is 6.54 Å². The first kappa shape index (κ1) is 17.2. The van der Waals surface area contributed by atoms with Gasteiger partial charge in [-0.15, -0.1) is 11.3 Å². The summed E-state index contributed by atoms with van der Waals surface area (Å²) in [5.74, 6) is 0.954. The van der Waals surface area contributed by atoms with Crippen LogP contribution in [0.5, 0.6) is 0 Å². The number of piperazine rings is 1. The van der Waals surface area contributed by atoms with Crippen molar-refractivity contribution in [3.63, 3.8) is 0 Å². The Bertz CT molecular complexity index is 908. The summed E-state index contributed by atoms with van der Waals surface area (Å²) in [5.41, 5.74) is 2.06. The van der Waals surface area contributed by atoms with Crippen molar-refractivity contribution >= 4 is 49.3 Å². The van der Waals surface area contributed by atoms with Crippen LogP contribution in [0.4, 0.5) is 10.6 Å². The Morgan fingerprint density at radius 3 is 2.69 bits per heavy atom. The van der Waals surface area contributed by atoms with Crippen LogP contribution in [-0.2, 0) is 6.54 Å². The van der Waals surface area contributed by atoms with Crippen molar-refractivity contribution in [2.24, 2.45) is 0 Å². The van der Waals surface area contributed by atoms with Crippen molar-refractivity contribution < 1.29 is 4.79 Å². The van der Waals surface area contributed by atoms with E-state index in [1.165, 1.54) is 0 Å². The summed E-state index contributed by atoms with van der Waals surface area (Å²) >= 11 is 5.16. The number of urea groups is 1. The zero-order chi connectivity index (χ0) is 17.9. The van der Waals surface area contributed by atoms with Crippen LogP contribution < -0.4 is 10.2 Å². The molecule has 3 aromatic rings. The predicted molar refractivity (Wildman–Crippen MR) is 108 cm³/mol. The van der Waals surface area contributed by atoms with E-state index in [1.807, 2.05) is 41.3 Å². The normalized spacial score (nSPS) is 14.7. The lowest BCUT2D eigenvalue weighted by Gasteiger charge is -2.35. The van der Waals surface area contributed by atoms with E-state index >= 15 is 0 Å². The van der Waals surface area contributed by atoms with Crippen LogP contribution >= 0.6 is 27.3 Å². The quantitative estimate of drug-likeness (QED) is 0.689. The number of hydrogen-bond acceptors (Lipinski definition) is 5. The summed E-state index contributed by atoms with van der Waals surface area (Å²) in [6.07, 6.45) is 1.61. The highest BCUT2D eigenvalue weighted by atomic mass is 79.9. The van der Waals surface area contributed by atoms with Crippen molar-refractivity contribution in [2.75, 3.05) is 31.1 Å². The Morgan fingerprint density at radius 1 is 1.15 bits per heavy atom. The van der Waals surface area contributed by atoms with Gasteiger partial charge in [0.15, 0.2) is 0 Å². The van der Waals surface area contributed by atoms with Crippen LogP contribution in [0, 0.1) is 0 Å². The number of rotatable bonds is 3. The van der Waals surface area contributed by atoms with E-state index in [1.54, 1.807) is 17.7 Å². The predicted octanol–water partition coefficient (Wildman–Crippen LogP) is 3.49. The fourth-order valence-corrected chi connectivity index (χ4v) is 4.60. The molecule has 1 saturated heterocycles. The number of nitrogens with one attached hydrogen (secondary N) is 1. The van der Waals surface area contributed by atoms with Crippen LogP contribution in [0.3, 0.4) is 0 Å². The molecule has 0 atom stereocenters. The number of nitrogens with zero attached hydrogens (tertiary/aromatic N) is 4. The van der Waals surface area contributed by atoms with Crippen LogP contribution in [0.2, 0.25) is 0 Å². The Hall–Kier alpha value is -2.19. The molecule has 1 fully saturated rings. The summed E-state index contributed by atoms with van der Waals surface area (Å²) in [5, 5.41) is 2.99. The average Bonchev–Trinajstić information content (AvgIpc) is 3.07. The highest BCUT2D eigenvalue weighted by molar-refractivity contribution is 9.11. The number of fused-ring (bicyclic) bond motifs is 1. The number of benzene rings is 1. The van der Waals surface area contributed by atoms with Gasteiger partial charge in [-0.2, -0.15) is 0 Å². The number of aromatic nitrogens is 2. The second kappa shape index (κ2) is 7.59. The van der Waals surface area contributed by atoms with Crippen molar-refractivity contribution in [3.05, 3.63) is 52.1 Å². The van der Waals surface area contributed by atoms with Gasteiger partial charge in [0.25, 0.3) is 0 Å². The van der Waals surface area contributed by atoms with Gasteiger partial charge in [-0.3, -0.25) is 0 Å². The molecule has 8 heteroatoms. The van der Waals surface area contributed by atoms with Gasteiger partial charge in [0.1, 0.15) is 12.1 Å². The van der Waals surface area contributed by atoms with Crippen molar-refractivity contribution in [3.8, 4) is 0 Å². The number of hydrogen-bond donors (Lipinski definition) is 1. The minimum Gasteiger partial charge on any atom is -0.352 e. The second-order valence-electron chi connectivity index (χ2n) is 6.08. The topological polar surface area (TPSA) is 61.4 Å². The molecule has 0 spiro atoms. The van der Waals surface area contributed by atoms with E-state index in [0.717, 1.165) is 38.5 Å². The molecule has 1 aromatic carbocycles. The van der Waals surface area contributed by atoms with Gasteiger partial charge >= 0.3 is 6.03 Å². The third-order valence-corrected chi connectivity index (χ3v) is 6.04. The van der Waals surface area contributed by atoms with Gasteiger partial charge in [-0.25, -0.2) is 14.8 Å². The molecule has 26 heavy (non-hydrogen) atoms. The molecule has 0 radical (unpaired) electrons. The standard InChI is InChI=1S/C18H18BrN5OS/c19-15-10-14-16(26-15)17(22-12-21-14)23-6-8-24(9-7-23)18(25)20-11-13-4-2-1-3-5-13/h1-5,10,12H,6-9,11H2,(H,20,25). The molecule has 0 saturated carbocycles. The summed E-state index contributed by atoms with van der Waals surface area (Å²) < 4.78 is 2.13. The van der Waals surface area contributed by atoms with Crippen LogP contribution in [0.15, 0.2) is 46.5 Å². The van der Waals surface area contributed by atoms with Crippen LogP contribution in [-0.4, -0.2) is 47.1 Å². The fraction of sp³-hybridized carbons (Fsp3) is 0.278. The number of amides is 2. The van der Waals surface area contributed by atoms with Gasteiger partial charge in [-0.05, 0) is 27.6 Å². The van der Waals surface area contributed by atoms with Crippen molar-refractivity contribution in [1.82, 2.24) is 20.2 Å². The van der Waals surface area contributed by atoms with Gasteiger partial charge in [0.05, 0.1) is 14.0 Å². The summed E-state index contributed by atoms with van der Waals surface area (Å²) in [6.45, 7) is 3.44. The molecule has 1 N–H and O–H groups in total. The molecule has 0 aliphatic carbocycles. The molecule has 6 nitrogen and oxygen atoms in total. The van der Waals surface area contributed by atoms with Crippen LogP contribution in [0.25, 0.3) is 10.2 Å². The maximum Gasteiger partial charge on any atom is 0.317 e. The summed E-state index contributed by atoms with van der Waals surface area (Å²) in [4.78, 5) is 25.3. The van der Waals surface area contributed by atoms with E-state index in [-0.39, 0.29) is 6.03 Å². The minimum absolute atomic E-state index is 0.0137. The Kier molecular flexibility index (Phi) is 5.03. The summed E-state index contributed by atoms with van der Waals surface area (Å²) in [6, 6.07) is 12.0. The largest absolute Gasteiger partial charge is 0.352 e. The number of carbonyl (C=O) groups excluding carboxylic acids is 1. The summed E-state index contributed by atoms with van der Waals surface area (Å²) in [7, 11) is 0. The molecule has 134 valence electrons. The maximum absolute atomic E-state index is 12.4. The highest BCUT2D eigenvalue weighted by Gasteiger charge is 2.23. The molecule has 1 aliphatic rings. The lowest BCUT2D eigenvalue weighted by molar-refractivity contribution is 0.194. The average molecular weight is 432 g/mol. The first-order valence-electron chi connectivity index (χ1n) is 8.42. The third-order valence-electron chi connectivity index (χ3n) is 4.42. The minimum atomic E-state index is -0.0137. The lowest BCUT2D eigenvalue weighted by atomic mass is 10.2. The van der Waals surface area contributed by atoms with Gasteiger partial charge in [-0.1, -0.05) is 30.3 Å². The monoisotopic (exact) mass is 431 g/mol. The zero-order valence-electron chi connectivity index (χ0n) is 14.1. The molecule has 0 bridgehead atoms. The molecule has 0 unspecified atom stereocenters.